The van der Waals surface area contributed by atoms with Gasteiger partial charge in [-0.2, -0.15) is 0 Å². The second-order valence-corrected chi connectivity index (χ2v) is 16.3. The van der Waals surface area contributed by atoms with Crippen molar-refractivity contribution in [2.45, 2.75) is 105 Å². The van der Waals surface area contributed by atoms with E-state index in [9.17, 15) is 33.9 Å². The Hall–Kier alpha value is -3.60. The first-order valence-corrected chi connectivity index (χ1v) is 18.5. The first kappa shape index (κ1) is 45.6. The van der Waals surface area contributed by atoms with E-state index in [2.05, 4.69) is 5.32 Å². The van der Waals surface area contributed by atoms with E-state index in [1.54, 1.807) is 69.2 Å². The van der Waals surface area contributed by atoms with Crippen LogP contribution in [0.5, 0.6) is 5.75 Å². The standard InChI is InChI=1S/C37H63N5O11/c1-11-50-33-30(31(46)32(33)47)38-14-12-13-26(34(48)49)42-21-19-40(24-28(44)52-36(5,6)7)17-15-39(23-27(43)51-35(2,3)4)16-18-41(20-22-42)25-29(45)53-37(8,9)10/h26,38H,11-25H2,1-10H3,(H,48,49). The zero-order chi connectivity index (χ0) is 40.1. The fourth-order valence-corrected chi connectivity index (χ4v) is 5.79. The van der Waals surface area contributed by atoms with Crippen LogP contribution in [0.3, 0.4) is 0 Å². The lowest BCUT2D eigenvalue weighted by Gasteiger charge is -2.36. The molecule has 0 saturated carbocycles. The quantitative estimate of drug-likeness (QED) is 0.114. The number of carboxylic acids is 1. The third kappa shape index (κ3) is 17.4. The summed E-state index contributed by atoms with van der Waals surface area (Å²) in [5, 5.41) is 13.4. The molecule has 0 aromatic heterocycles. The van der Waals surface area contributed by atoms with E-state index in [1.807, 2.05) is 19.6 Å². The zero-order valence-electron chi connectivity index (χ0n) is 33.5. The van der Waals surface area contributed by atoms with Crippen molar-refractivity contribution >= 4 is 29.6 Å². The van der Waals surface area contributed by atoms with Crippen molar-refractivity contribution in [3.05, 3.63) is 20.4 Å². The van der Waals surface area contributed by atoms with Crippen LogP contribution in [0.2, 0.25) is 0 Å². The van der Waals surface area contributed by atoms with Crippen LogP contribution in [0, 0.1) is 0 Å². The number of nitrogens with zero attached hydrogens (tertiary/aromatic N) is 4. The Morgan fingerprint density at radius 2 is 1.04 bits per heavy atom. The summed E-state index contributed by atoms with van der Waals surface area (Å²) in [5.74, 6) is -2.30. The number of carboxylic acid groups (broad SMARTS) is 1. The van der Waals surface area contributed by atoms with Gasteiger partial charge in [0.2, 0.25) is 0 Å². The maximum absolute atomic E-state index is 13.0. The molecule has 1 heterocycles. The van der Waals surface area contributed by atoms with E-state index in [0.29, 0.717) is 45.7 Å². The van der Waals surface area contributed by atoms with Gasteiger partial charge < -0.3 is 29.4 Å². The molecule has 1 atom stereocenters. The number of rotatable bonds is 15. The monoisotopic (exact) mass is 753 g/mol. The molecule has 53 heavy (non-hydrogen) atoms. The third-order valence-electron chi connectivity index (χ3n) is 8.03. The molecule has 1 aliphatic rings. The average Bonchev–Trinajstić information content (AvgIpc) is 2.99. The van der Waals surface area contributed by atoms with Crippen LogP contribution in [-0.4, -0.2) is 157 Å². The van der Waals surface area contributed by atoms with Crippen LogP contribution in [0.4, 0.5) is 5.69 Å². The molecule has 2 rings (SSSR count). The van der Waals surface area contributed by atoms with Crippen molar-refractivity contribution in [2.75, 3.05) is 90.5 Å². The molecule has 16 heteroatoms. The van der Waals surface area contributed by atoms with Gasteiger partial charge in [0.05, 0.1) is 26.2 Å². The zero-order valence-corrected chi connectivity index (χ0v) is 33.5. The highest BCUT2D eigenvalue weighted by molar-refractivity contribution is 5.74. The van der Waals surface area contributed by atoms with Gasteiger partial charge in [0.25, 0.3) is 10.9 Å². The number of aliphatic carboxylic acids is 1. The Balaban J connectivity index is 2.34. The molecule has 0 radical (unpaired) electrons. The summed E-state index contributed by atoms with van der Waals surface area (Å²) in [4.78, 5) is 83.1. The van der Waals surface area contributed by atoms with Crippen LogP contribution in [0.15, 0.2) is 9.59 Å². The summed E-state index contributed by atoms with van der Waals surface area (Å²) in [6, 6.07) is -0.936. The summed E-state index contributed by atoms with van der Waals surface area (Å²) >= 11 is 0. The Labute approximate surface area is 313 Å². The minimum absolute atomic E-state index is 0.00178. The Kier molecular flexibility index (Phi) is 17.3. The highest BCUT2D eigenvalue weighted by Gasteiger charge is 2.30. The fraction of sp³-hybridized carbons (Fsp3) is 0.784. The van der Waals surface area contributed by atoms with E-state index in [1.165, 1.54) is 0 Å². The average molecular weight is 754 g/mol. The molecular weight excluding hydrogens is 690 g/mol. The minimum Gasteiger partial charge on any atom is -0.488 e. The predicted molar refractivity (Wildman–Crippen MR) is 200 cm³/mol. The first-order valence-electron chi connectivity index (χ1n) is 18.5. The molecule has 0 amide bonds. The lowest BCUT2D eigenvalue weighted by Crippen LogP contribution is -2.52. The van der Waals surface area contributed by atoms with Gasteiger partial charge in [-0.15, -0.1) is 0 Å². The predicted octanol–water partition coefficient (Wildman–Crippen LogP) is 1.57. The van der Waals surface area contributed by atoms with E-state index < -0.39 is 57.6 Å². The van der Waals surface area contributed by atoms with Crippen molar-refractivity contribution in [1.29, 1.82) is 0 Å². The van der Waals surface area contributed by atoms with Crippen LogP contribution in [0.25, 0.3) is 0 Å². The van der Waals surface area contributed by atoms with Crippen LogP contribution in [0.1, 0.15) is 82.1 Å². The fourth-order valence-electron chi connectivity index (χ4n) is 5.79. The van der Waals surface area contributed by atoms with E-state index >= 15 is 0 Å². The van der Waals surface area contributed by atoms with Gasteiger partial charge >= 0.3 is 23.9 Å². The van der Waals surface area contributed by atoms with Crippen molar-refractivity contribution in [3.8, 4) is 5.75 Å². The number of carbonyl (C=O) groups excluding carboxylic acids is 3. The highest BCUT2D eigenvalue weighted by Crippen LogP contribution is 2.18. The molecule has 0 aliphatic carbocycles. The molecular formula is C37H63N5O11. The number of hydrogen-bond donors (Lipinski definition) is 2. The molecule has 1 fully saturated rings. The van der Waals surface area contributed by atoms with Crippen molar-refractivity contribution in [2.24, 2.45) is 0 Å². The van der Waals surface area contributed by atoms with Gasteiger partial charge in [0.1, 0.15) is 28.5 Å². The first-order chi connectivity index (χ1) is 24.5. The molecule has 2 N–H and O–H groups in total. The molecule has 1 unspecified atom stereocenters. The summed E-state index contributed by atoms with van der Waals surface area (Å²) in [7, 11) is 0. The second-order valence-electron chi connectivity index (χ2n) is 16.3. The second kappa shape index (κ2) is 20.2. The number of esters is 3. The molecule has 1 saturated heterocycles. The molecule has 16 nitrogen and oxygen atoms in total. The number of carbonyl (C=O) groups is 4. The molecule has 302 valence electrons. The third-order valence-corrected chi connectivity index (χ3v) is 8.03. The van der Waals surface area contributed by atoms with Gasteiger partial charge in [-0.25, -0.2) is 0 Å². The molecule has 0 spiro atoms. The molecule has 1 aromatic carbocycles. The number of ether oxygens (including phenoxy) is 4. The molecule has 1 aliphatic heterocycles. The van der Waals surface area contributed by atoms with Gasteiger partial charge in [-0.3, -0.25) is 48.4 Å². The molecule has 0 bridgehead atoms. The lowest BCUT2D eigenvalue weighted by atomic mass is 10.1. The summed E-state index contributed by atoms with van der Waals surface area (Å²) in [6.45, 7) is 20.9. The Morgan fingerprint density at radius 3 is 1.38 bits per heavy atom. The topological polar surface area (TPSA) is 185 Å². The van der Waals surface area contributed by atoms with Gasteiger partial charge in [-0.1, -0.05) is 0 Å². The van der Waals surface area contributed by atoms with E-state index in [0.717, 1.165) is 0 Å². The van der Waals surface area contributed by atoms with Crippen LogP contribution >= 0.6 is 0 Å². The number of hydrogen-bond acceptors (Lipinski definition) is 15. The lowest BCUT2D eigenvalue weighted by molar-refractivity contribution is -0.158. The number of anilines is 1. The Morgan fingerprint density at radius 1 is 0.660 bits per heavy atom. The van der Waals surface area contributed by atoms with E-state index in [4.69, 9.17) is 18.9 Å². The van der Waals surface area contributed by atoms with Crippen LogP contribution in [-0.2, 0) is 33.4 Å². The SMILES string of the molecule is CCOc1c(NCCCC(C(=O)O)N2CCN(CC(=O)OC(C)(C)C)CCN(CC(=O)OC(C)(C)C)CCN(CC(=O)OC(C)(C)C)CC2)c(=O)c1=O. The summed E-state index contributed by atoms with van der Waals surface area (Å²) in [5.41, 5.74) is -3.31. The minimum atomic E-state index is -1.04. The summed E-state index contributed by atoms with van der Waals surface area (Å²) in [6.07, 6.45) is 0.574. The maximum atomic E-state index is 13.0. The maximum Gasteiger partial charge on any atom is 0.320 e. The highest BCUT2D eigenvalue weighted by atomic mass is 16.6. The molecule has 1 aromatic rings. The van der Waals surface area contributed by atoms with Gasteiger partial charge in [-0.05, 0) is 82.1 Å². The van der Waals surface area contributed by atoms with Crippen LogP contribution < -0.4 is 20.9 Å². The van der Waals surface area contributed by atoms with Crippen molar-refractivity contribution in [3.63, 3.8) is 0 Å². The van der Waals surface area contributed by atoms with Gasteiger partial charge in [0, 0.05) is 58.9 Å². The van der Waals surface area contributed by atoms with E-state index in [-0.39, 0.29) is 63.7 Å². The van der Waals surface area contributed by atoms with Gasteiger partial charge in [0.15, 0.2) is 5.75 Å². The summed E-state index contributed by atoms with van der Waals surface area (Å²) < 4.78 is 22.1. The van der Waals surface area contributed by atoms with Crippen molar-refractivity contribution < 1.29 is 43.2 Å². The largest absolute Gasteiger partial charge is 0.488 e. The number of nitrogens with one attached hydrogen (secondary N) is 1. The smallest absolute Gasteiger partial charge is 0.320 e. The Bertz CT molecular complexity index is 1390. The van der Waals surface area contributed by atoms with Crippen molar-refractivity contribution in [1.82, 2.24) is 19.6 Å². The normalized spacial score (nSPS) is 17.3.